The van der Waals surface area contributed by atoms with Crippen molar-refractivity contribution in [2.24, 2.45) is 0 Å². The van der Waals surface area contributed by atoms with E-state index in [0.29, 0.717) is 11.3 Å². The van der Waals surface area contributed by atoms with Crippen molar-refractivity contribution in [2.45, 2.75) is 6.54 Å². The van der Waals surface area contributed by atoms with Crippen LogP contribution in [0.2, 0.25) is 0 Å². The van der Waals surface area contributed by atoms with E-state index in [-0.39, 0.29) is 18.1 Å². The molecule has 3 aromatic rings. The maximum atomic E-state index is 12.6. The molecule has 0 atom stereocenters. The van der Waals surface area contributed by atoms with Crippen molar-refractivity contribution >= 4 is 33.8 Å². The fourth-order valence-corrected chi connectivity index (χ4v) is 2.61. The number of carbonyl (C=O) groups is 2. The molecule has 0 unspecified atom stereocenters. The molecule has 0 fully saturated rings. The van der Waals surface area contributed by atoms with Crippen LogP contribution >= 0.6 is 15.9 Å². The van der Waals surface area contributed by atoms with Crippen molar-refractivity contribution in [1.29, 1.82) is 0 Å². The van der Waals surface area contributed by atoms with Gasteiger partial charge in [-0.1, -0.05) is 46.3 Å². The highest BCUT2D eigenvalue weighted by Crippen LogP contribution is 2.12. The minimum atomic E-state index is -0.402. The van der Waals surface area contributed by atoms with Gasteiger partial charge in [0, 0.05) is 10.0 Å². The lowest BCUT2D eigenvalue weighted by Gasteiger charge is -2.11. The summed E-state index contributed by atoms with van der Waals surface area (Å²) in [6.45, 7) is 0.228. The first-order chi connectivity index (χ1) is 13.1. The van der Waals surface area contributed by atoms with Gasteiger partial charge in [0.05, 0.1) is 12.8 Å². The van der Waals surface area contributed by atoms with E-state index < -0.39 is 5.91 Å². The van der Waals surface area contributed by atoms with Crippen molar-refractivity contribution < 1.29 is 14.0 Å². The summed E-state index contributed by atoms with van der Waals surface area (Å²) in [6.07, 6.45) is 3.17. The lowest BCUT2D eigenvalue weighted by Crippen LogP contribution is -2.34. The highest BCUT2D eigenvalue weighted by molar-refractivity contribution is 9.10. The molecule has 0 bridgehead atoms. The Morgan fingerprint density at radius 2 is 1.70 bits per heavy atom. The fourth-order valence-electron chi connectivity index (χ4n) is 2.35. The van der Waals surface area contributed by atoms with E-state index in [9.17, 15) is 9.59 Å². The summed E-state index contributed by atoms with van der Waals surface area (Å²) in [4.78, 5) is 25.1. The first-order valence-corrected chi connectivity index (χ1v) is 9.05. The Bertz CT molecular complexity index is 933. The lowest BCUT2D eigenvalue weighted by molar-refractivity contribution is -0.118. The molecule has 6 heteroatoms. The van der Waals surface area contributed by atoms with Gasteiger partial charge in [0.25, 0.3) is 11.8 Å². The Labute approximate surface area is 165 Å². The molecule has 0 aliphatic rings. The zero-order chi connectivity index (χ0) is 19.1. The van der Waals surface area contributed by atoms with Crippen molar-refractivity contribution in [3.63, 3.8) is 0 Å². The Balaban J connectivity index is 1.78. The second-order valence-electron chi connectivity index (χ2n) is 5.69. The molecular formula is C21H17BrN2O3. The molecule has 136 valence electrons. The molecule has 1 heterocycles. The quantitative estimate of drug-likeness (QED) is 0.584. The Kier molecular flexibility index (Phi) is 6.22. The maximum absolute atomic E-state index is 12.6. The summed E-state index contributed by atoms with van der Waals surface area (Å²) in [5.41, 5.74) is 1.41. The summed E-state index contributed by atoms with van der Waals surface area (Å²) >= 11 is 3.34. The van der Waals surface area contributed by atoms with E-state index in [1.807, 2.05) is 30.3 Å². The van der Waals surface area contributed by atoms with Gasteiger partial charge in [-0.2, -0.15) is 0 Å². The number of amides is 2. The molecule has 2 N–H and O–H groups in total. The summed E-state index contributed by atoms with van der Waals surface area (Å²) in [5.74, 6) is -0.139. The summed E-state index contributed by atoms with van der Waals surface area (Å²) < 4.78 is 6.09. The summed E-state index contributed by atoms with van der Waals surface area (Å²) in [7, 11) is 0. The highest BCUT2D eigenvalue weighted by atomic mass is 79.9. The minimum Gasteiger partial charge on any atom is -0.467 e. The molecule has 0 aliphatic heterocycles. The molecule has 5 nitrogen and oxygen atoms in total. The molecule has 0 saturated heterocycles. The predicted molar refractivity (Wildman–Crippen MR) is 107 cm³/mol. The number of rotatable bonds is 6. The summed E-state index contributed by atoms with van der Waals surface area (Å²) in [5, 5.41) is 5.44. The smallest absolute Gasteiger partial charge is 0.268 e. The minimum absolute atomic E-state index is 0.153. The van der Waals surface area contributed by atoms with Crippen molar-refractivity contribution in [3.05, 3.63) is 100 Å². The van der Waals surface area contributed by atoms with Gasteiger partial charge in [0.15, 0.2) is 0 Å². The molecule has 2 aromatic carbocycles. The molecule has 3 rings (SSSR count). The fraction of sp³-hybridized carbons (Fsp3) is 0.0476. The van der Waals surface area contributed by atoms with Gasteiger partial charge in [0.2, 0.25) is 0 Å². The van der Waals surface area contributed by atoms with E-state index in [2.05, 4.69) is 26.6 Å². The number of hydrogen-bond donors (Lipinski definition) is 2. The molecule has 27 heavy (non-hydrogen) atoms. The van der Waals surface area contributed by atoms with Crippen LogP contribution in [0.15, 0.2) is 87.6 Å². The Morgan fingerprint density at radius 1 is 0.963 bits per heavy atom. The molecular weight excluding hydrogens is 408 g/mol. The topological polar surface area (TPSA) is 71.3 Å². The van der Waals surface area contributed by atoms with Crippen LogP contribution in [0.3, 0.4) is 0 Å². The third kappa shape index (κ3) is 5.43. The van der Waals surface area contributed by atoms with E-state index in [1.165, 1.54) is 6.26 Å². The normalized spacial score (nSPS) is 11.1. The third-order valence-corrected chi connectivity index (χ3v) is 4.24. The Morgan fingerprint density at radius 3 is 2.37 bits per heavy atom. The monoisotopic (exact) mass is 424 g/mol. The van der Waals surface area contributed by atoms with E-state index in [0.717, 1.165) is 10.0 Å². The van der Waals surface area contributed by atoms with Gasteiger partial charge in [-0.15, -0.1) is 0 Å². The molecule has 2 amide bonds. The van der Waals surface area contributed by atoms with Crippen molar-refractivity contribution in [1.82, 2.24) is 10.6 Å². The second kappa shape index (κ2) is 9.00. The van der Waals surface area contributed by atoms with Gasteiger partial charge >= 0.3 is 0 Å². The number of nitrogens with one attached hydrogen (secondary N) is 2. The van der Waals surface area contributed by atoms with Gasteiger partial charge in [-0.05, 0) is 48.0 Å². The number of carbonyl (C=O) groups excluding carboxylic acids is 2. The average Bonchev–Trinajstić information content (AvgIpc) is 3.20. The van der Waals surface area contributed by atoms with E-state index in [4.69, 9.17) is 4.42 Å². The molecule has 0 saturated carbocycles. The third-order valence-electron chi connectivity index (χ3n) is 3.71. The van der Waals surface area contributed by atoms with Crippen LogP contribution in [0.25, 0.3) is 6.08 Å². The zero-order valence-corrected chi connectivity index (χ0v) is 15.9. The SMILES string of the molecule is O=C(NCc1ccco1)C(=Cc1ccccc1)NC(=O)c1ccc(Br)cc1. The van der Waals surface area contributed by atoms with Crippen LogP contribution in [0, 0.1) is 0 Å². The van der Waals surface area contributed by atoms with E-state index >= 15 is 0 Å². The van der Waals surface area contributed by atoms with Crippen LogP contribution in [-0.4, -0.2) is 11.8 Å². The standard InChI is InChI=1S/C21H17BrN2O3/c22-17-10-8-16(9-11-17)20(25)24-19(13-15-5-2-1-3-6-15)21(26)23-14-18-7-4-12-27-18/h1-13H,14H2,(H,23,26)(H,24,25). The van der Waals surface area contributed by atoms with E-state index in [1.54, 1.807) is 42.5 Å². The maximum Gasteiger partial charge on any atom is 0.268 e. The molecule has 1 aromatic heterocycles. The second-order valence-corrected chi connectivity index (χ2v) is 6.61. The van der Waals surface area contributed by atoms with Crippen molar-refractivity contribution in [2.75, 3.05) is 0 Å². The molecule has 0 spiro atoms. The number of hydrogen-bond acceptors (Lipinski definition) is 3. The first-order valence-electron chi connectivity index (χ1n) is 8.26. The van der Waals surface area contributed by atoms with Crippen LogP contribution in [0.1, 0.15) is 21.7 Å². The lowest BCUT2D eigenvalue weighted by atomic mass is 10.1. The number of benzene rings is 2. The van der Waals surface area contributed by atoms with Crippen LogP contribution in [0.5, 0.6) is 0 Å². The average molecular weight is 425 g/mol. The highest BCUT2D eigenvalue weighted by Gasteiger charge is 2.15. The first kappa shape index (κ1) is 18.7. The van der Waals surface area contributed by atoms with Crippen LogP contribution in [0.4, 0.5) is 0 Å². The van der Waals surface area contributed by atoms with Crippen molar-refractivity contribution in [3.8, 4) is 0 Å². The van der Waals surface area contributed by atoms with Gasteiger partial charge in [0.1, 0.15) is 11.5 Å². The van der Waals surface area contributed by atoms with Crippen LogP contribution in [-0.2, 0) is 11.3 Å². The number of halogens is 1. The Hall–Kier alpha value is -3.12. The van der Waals surface area contributed by atoms with Gasteiger partial charge in [-0.3, -0.25) is 9.59 Å². The predicted octanol–water partition coefficient (Wildman–Crippen LogP) is 4.13. The largest absolute Gasteiger partial charge is 0.467 e. The van der Waals surface area contributed by atoms with Gasteiger partial charge < -0.3 is 15.1 Å². The molecule has 0 aliphatic carbocycles. The van der Waals surface area contributed by atoms with Crippen LogP contribution < -0.4 is 10.6 Å². The van der Waals surface area contributed by atoms with Gasteiger partial charge in [-0.25, -0.2) is 0 Å². The zero-order valence-electron chi connectivity index (χ0n) is 14.3. The number of furan rings is 1. The summed E-state index contributed by atoms with van der Waals surface area (Å²) in [6, 6.07) is 19.7. The molecule has 0 radical (unpaired) electrons.